The van der Waals surface area contributed by atoms with Crippen LogP contribution in [0.15, 0.2) is 30.5 Å². The fraction of sp³-hybridized carbons (Fsp3) is 0.263. The lowest BCUT2D eigenvalue weighted by Crippen LogP contribution is -2.16. The summed E-state index contributed by atoms with van der Waals surface area (Å²) in [5.41, 5.74) is 4.07. The molecule has 0 aliphatic carbocycles. The first-order chi connectivity index (χ1) is 12.8. The van der Waals surface area contributed by atoms with Crippen LogP contribution in [0.25, 0.3) is 0 Å². The molecule has 0 unspecified atom stereocenters. The average Bonchev–Trinajstić information content (AvgIpc) is 3.12. The van der Waals surface area contributed by atoms with E-state index in [1.165, 1.54) is 10.9 Å². The number of aryl methyl sites for hydroxylation is 3. The van der Waals surface area contributed by atoms with E-state index in [0.717, 1.165) is 16.8 Å². The number of amides is 1. The van der Waals surface area contributed by atoms with Crippen molar-refractivity contribution in [3.63, 3.8) is 0 Å². The Hall–Kier alpha value is -3.42. The third-order valence-electron chi connectivity index (χ3n) is 4.48. The molecule has 1 amide bonds. The molecule has 0 spiro atoms. The molecule has 0 aliphatic heterocycles. The standard InChI is InChI=1S/C19H21N5O3/c1-11-7-5-6-8-14(11)9-24-13(3)16(12(2)21-24)20-18(25)15-10-23(4)22-17(15)19(26)27/h5-8,10H,9H2,1-4H3,(H,20,25)(H,26,27). The normalized spacial score (nSPS) is 10.8. The van der Waals surface area contributed by atoms with E-state index in [0.29, 0.717) is 17.9 Å². The number of carbonyl (C=O) groups excluding carboxylic acids is 1. The summed E-state index contributed by atoms with van der Waals surface area (Å²) in [6.07, 6.45) is 1.39. The Kier molecular flexibility index (Phi) is 4.81. The molecule has 2 aromatic heterocycles. The highest BCUT2D eigenvalue weighted by Gasteiger charge is 2.23. The van der Waals surface area contributed by atoms with Crippen molar-refractivity contribution in [1.29, 1.82) is 0 Å². The lowest BCUT2D eigenvalue weighted by atomic mass is 10.1. The van der Waals surface area contributed by atoms with Crippen molar-refractivity contribution in [2.24, 2.45) is 7.05 Å². The molecular weight excluding hydrogens is 346 g/mol. The van der Waals surface area contributed by atoms with Crippen LogP contribution in [-0.4, -0.2) is 36.5 Å². The highest BCUT2D eigenvalue weighted by molar-refractivity contribution is 6.10. The van der Waals surface area contributed by atoms with Crippen molar-refractivity contribution in [2.75, 3.05) is 5.32 Å². The summed E-state index contributed by atoms with van der Waals surface area (Å²) in [5, 5.41) is 20.4. The van der Waals surface area contributed by atoms with E-state index < -0.39 is 11.9 Å². The minimum atomic E-state index is -1.25. The zero-order chi connectivity index (χ0) is 19.7. The topological polar surface area (TPSA) is 102 Å². The van der Waals surface area contributed by atoms with Crippen molar-refractivity contribution in [3.05, 3.63) is 64.2 Å². The van der Waals surface area contributed by atoms with Gasteiger partial charge in [-0.25, -0.2) is 4.79 Å². The zero-order valence-electron chi connectivity index (χ0n) is 15.6. The fourth-order valence-corrected chi connectivity index (χ4v) is 2.97. The summed E-state index contributed by atoms with van der Waals surface area (Å²) in [6, 6.07) is 8.05. The first kappa shape index (κ1) is 18.4. The van der Waals surface area contributed by atoms with E-state index >= 15 is 0 Å². The lowest BCUT2D eigenvalue weighted by Gasteiger charge is -2.09. The fourth-order valence-electron chi connectivity index (χ4n) is 2.97. The second-order valence-corrected chi connectivity index (χ2v) is 6.45. The summed E-state index contributed by atoms with van der Waals surface area (Å²) in [4.78, 5) is 23.9. The van der Waals surface area contributed by atoms with Crippen LogP contribution in [0, 0.1) is 20.8 Å². The van der Waals surface area contributed by atoms with Crippen LogP contribution in [0.2, 0.25) is 0 Å². The highest BCUT2D eigenvalue weighted by Crippen LogP contribution is 2.22. The van der Waals surface area contributed by atoms with Crippen molar-refractivity contribution in [2.45, 2.75) is 27.3 Å². The second kappa shape index (κ2) is 7.06. The van der Waals surface area contributed by atoms with Gasteiger partial charge in [-0.05, 0) is 31.9 Å². The van der Waals surface area contributed by atoms with Gasteiger partial charge in [0.05, 0.1) is 29.2 Å². The second-order valence-electron chi connectivity index (χ2n) is 6.45. The molecule has 0 fully saturated rings. The van der Waals surface area contributed by atoms with E-state index in [1.807, 2.05) is 42.8 Å². The summed E-state index contributed by atoms with van der Waals surface area (Å²) >= 11 is 0. The smallest absolute Gasteiger partial charge is 0.357 e. The molecule has 0 aliphatic rings. The molecule has 0 saturated heterocycles. The van der Waals surface area contributed by atoms with Crippen molar-refractivity contribution in [3.8, 4) is 0 Å². The molecule has 2 heterocycles. The number of carbonyl (C=O) groups is 2. The van der Waals surface area contributed by atoms with Crippen LogP contribution in [0.1, 0.15) is 43.4 Å². The number of carboxylic acids is 1. The number of anilines is 1. The molecule has 3 aromatic rings. The Morgan fingerprint density at radius 1 is 1.15 bits per heavy atom. The number of nitrogens with one attached hydrogen (secondary N) is 1. The molecule has 0 bridgehead atoms. The van der Waals surface area contributed by atoms with Gasteiger partial charge in [-0.1, -0.05) is 24.3 Å². The lowest BCUT2D eigenvalue weighted by molar-refractivity contribution is 0.0685. The molecule has 8 nitrogen and oxygen atoms in total. The third kappa shape index (κ3) is 3.59. The Morgan fingerprint density at radius 2 is 1.85 bits per heavy atom. The number of carboxylic acid groups (broad SMARTS) is 1. The SMILES string of the molecule is Cc1ccccc1Cn1nc(C)c(NC(=O)c2cn(C)nc2C(=O)O)c1C. The maximum absolute atomic E-state index is 12.6. The highest BCUT2D eigenvalue weighted by atomic mass is 16.4. The molecule has 2 N–H and O–H groups in total. The zero-order valence-corrected chi connectivity index (χ0v) is 15.6. The predicted octanol–water partition coefficient (Wildman–Crippen LogP) is 2.54. The Bertz CT molecular complexity index is 1030. The maximum Gasteiger partial charge on any atom is 0.357 e. The predicted molar refractivity (Wildman–Crippen MR) is 100 cm³/mol. The monoisotopic (exact) mass is 367 g/mol. The Labute approximate surface area is 156 Å². The first-order valence-electron chi connectivity index (χ1n) is 8.44. The molecule has 140 valence electrons. The molecule has 3 rings (SSSR count). The van der Waals surface area contributed by atoms with Crippen LogP contribution < -0.4 is 5.32 Å². The van der Waals surface area contributed by atoms with Gasteiger partial charge in [-0.2, -0.15) is 10.2 Å². The van der Waals surface area contributed by atoms with Crippen LogP contribution in [0.4, 0.5) is 5.69 Å². The van der Waals surface area contributed by atoms with Crippen LogP contribution in [0.5, 0.6) is 0 Å². The van der Waals surface area contributed by atoms with E-state index in [9.17, 15) is 14.7 Å². The van der Waals surface area contributed by atoms with E-state index in [4.69, 9.17) is 0 Å². The minimum absolute atomic E-state index is 0.00968. The molecule has 0 atom stereocenters. The number of rotatable bonds is 5. The molecule has 0 saturated carbocycles. The number of aromatic carboxylic acids is 1. The van der Waals surface area contributed by atoms with Crippen molar-refractivity contribution in [1.82, 2.24) is 19.6 Å². The summed E-state index contributed by atoms with van der Waals surface area (Å²) < 4.78 is 3.13. The molecular formula is C19H21N5O3. The summed E-state index contributed by atoms with van der Waals surface area (Å²) in [7, 11) is 1.57. The average molecular weight is 367 g/mol. The van der Waals surface area contributed by atoms with Crippen LogP contribution in [-0.2, 0) is 13.6 Å². The molecule has 8 heteroatoms. The number of aromatic nitrogens is 4. The number of nitrogens with zero attached hydrogens (tertiary/aromatic N) is 4. The van der Waals surface area contributed by atoms with E-state index in [2.05, 4.69) is 15.5 Å². The Balaban J connectivity index is 1.88. The first-order valence-corrected chi connectivity index (χ1v) is 8.44. The van der Waals surface area contributed by atoms with Gasteiger partial charge < -0.3 is 10.4 Å². The molecule has 1 aromatic carbocycles. The van der Waals surface area contributed by atoms with E-state index in [1.54, 1.807) is 14.0 Å². The van der Waals surface area contributed by atoms with Crippen molar-refractivity contribution >= 4 is 17.6 Å². The number of benzene rings is 1. The van der Waals surface area contributed by atoms with Gasteiger partial charge in [0, 0.05) is 13.2 Å². The maximum atomic E-state index is 12.6. The quantitative estimate of drug-likeness (QED) is 0.721. The van der Waals surface area contributed by atoms with Crippen LogP contribution >= 0.6 is 0 Å². The third-order valence-corrected chi connectivity index (χ3v) is 4.48. The number of hydrogen-bond donors (Lipinski definition) is 2. The van der Waals surface area contributed by atoms with Crippen LogP contribution in [0.3, 0.4) is 0 Å². The van der Waals surface area contributed by atoms with Gasteiger partial charge in [-0.3, -0.25) is 14.2 Å². The summed E-state index contributed by atoms with van der Waals surface area (Å²) in [5.74, 6) is -1.77. The largest absolute Gasteiger partial charge is 0.476 e. The Morgan fingerprint density at radius 3 is 2.52 bits per heavy atom. The van der Waals surface area contributed by atoms with Crippen molar-refractivity contribution < 1.29 is 14.7 Å². The summed E-state index contributed by atoms with van der Waals surface area (Å²) in [6.45, 7) is 6.30. The molecule has 0 radical (unpaired) electrons. The van der Waals surface area contributed by atoms with Gasteiger partial charge in [0.25, 0.3) is 5.91 Å². The minimum Gasteiger partial charge on any atom is -0.476 e. The van der Waals surface area contributed by atoms with Gasteiger partial charge >= 0.3 is 5.97 Å². The number of hydrogen-bond acceptors (Lipinski definition) is 4. The van der Waals surface area contributed by atoms with Gasteiger partial charge in [0.2, 0.25) is 0 Å². The van der Waals surface area contributed by atoms with Gasteiger partial charge in [0.1, 0.15) is 0 Å². The van der Waals surface area contributed by atoms with Gasteiger partial charge in [0.15, 0.2) is 5.69 Å². The molecule has 27 heavy (non-hydrogen) atoms. The van der Waals surface area contributed by atoms with Gasteiger partial charge in [-0.15, -0.1) is 0 Å². The van der Waals surface area contributed by atoms with E-state index in [-0.39, 0.29) is 11.3 Å².